The van der Waals surface area contributed by atoms with Gasteiger partial charge in [0.2, 0.25) is 5.91 Å². The number of carbonyl (C=O) groups is 2. The molecule has 2 aliphatic rings. The van der Waals surface area contributed by atoms with Gasteiger partial charge in [0.1, 0.15) is 5.82 Å². The van der Waals surface area contributed by atoms with Gasteiger partial charge >= 0.3 is 0 Å². The van der Waals surface area contributed by atoms with E-state index in [0.29, 0.717) is 25.2 Å². The second kappa shape index (κ2) is 8.41. The number of carbonyl (C=O) groups excluding carboxylic acids is 2. The van der Waals surface area contributed by atoms with E-state index in [1.54, 1.807) is 30.0 Å². The molecule has 0 unspecified atom stereocenters. The number of halogens is 1. The van der Waals surface area contributed by atoms with Crippen LogP contribution in [0.1, 0.15) is 28.8 Å². The third kappa shape index (κ3) is 4.22. The van der Waals surface area contributed by atoms with E-state index in [1.807, 2.05) is 46.2 Å². The monoisotopic (exact) mass is 410 g/mol. The zero-order chi connectivity index (χ0) is 20.3. The SMILES string of the molecule is O=C(C=Cc1ccccc1)N1CCC2(CC1)SCCN2C(=O)c1cccc(F)c1. The van der Waals surface area contributed by atoms with Crippen LogP contribution in [0, 0.1) is 5.82 Å². The number of rotatable bonds is 3. The number of likely N-dealkylation sites (tertiary alicyclic amines) is 1. The van der Waals surface area contributed by atoms with Crippen molar-refractivity contribution in [2.24, 2.45) is 0 Å². The molecule has 0 atom stereocenters. The van der Waals surface area contributed by atoms with Gasteiger partial charge in [0.25, 0.3) is 5.91 Å². The van der Waals surface area contributed by atoms with Gasteiger partial charge in [-0.1, -0.05) is 36.4 Å². The number of hydrogen-bond acceptors (Lipinski definition) is 3. The van der Waals surface area contributed by atoms with Crippen molar-refractivity contribution in [2.45, 2.75) is 17.7 Å². The fourth-order valence-electron chi connectivity index (χ4n) is 4.00. The lowest BCUT2D eigenvalue weighted by Crippen LogP contribution is -2.53. The maximum absolute atomic E-state index is 13.6. The normalized spacial score (nSPS) is 18.5. The van der Waals surface area contributed by atoms with Crippen LogP contribution in [0.4, 0.5) is 4.39 Å². The van der Waals surface area contributed by atoms with Gasteiger partial charge in [-0.05, 0) is 42.7 Å². The molecule has 0 radical (unpaired) electrons. The van der Waals surface area contributed by atoms with Crippen LogP contribution in [0.2, 0.25) is 0 Å². The summed E-state index contributed by atoms with van der Waals surface area (Å²) in [6.45, 7) is 1.87. The largest absolute Gasteiger partial charge is 0.339 e. The topological polar surface area (TPSA) is 40.6 Å². The highest BCUT2D eigenvalue weighted by atomic mass is 32.2. The molecule has 150 valence electrons. The van der Waals surface area contributed by atoms with Gasteiger partial charge in [-0.25, -0.2) is 4.39 Å². The van der Waals surface area contributed by atoms with Crippen LogP contribution in [0.5, 0.6) is 0 Å². The quantitative estimate of drug-likeness (QED) is 0.717. The summed E-state index contributed by atoms with van der Waals surface area (Å²) in [5, 5.41) is 0. The minimum Gasteiger partial charge on any atom is -0.339 e. The average Bonchev–Trinajstić information content (AvgIpc) is 3.15. The van der Waals surface area contributed by atoms with Gasteiger partial charge in [-0.3, -0.25) is 9.59 Å². The molecule has 0 aliphatic carbocycles. The van der Waals surface area contributed by atoms with Crippen molar-refractivity contribution in [1.29, 1.82) is 0 Å². The second-order valence-corrected chi connectivity index (χ2v) is 8.79. The molecule has 6 heteroatoms. The van der Waals surface area contributed by atoms with Crippen LogP contribution in [0.15, 0.2) is 60.7 Å². The smallest absolute Gasteiger partial charge is 0.255 e. The molecule has 0 saturated carbocycles. The molecule has 2 saturated heterocycles. The molecule has 0 bridgehead atoms. The minimum absolute atomic E-state index is 0.00490. The van der Waals surface area contributed by atoms with Gasteiger partial charge in [0.05, 0.1) is 4.87 Å². The molecule has 4 rings (SSSR count). The highest BCUT2D eigenvalue weighted by Crippen LogP contribution is 2.44. The second-order valence-electron chi connectivity index (χ2n) is 7.33. The van der Waals surface area contributed by atoms with E-state index >= 15 is 0 Å². The van der Waals surface area contributed by atoms with Crippen molar-refractivity contribution in [3.05, 3.63) is 77.6 Å². The van der Waals surface area contributed by atoms with Gasteiger partial charge in [-0.15, -0.1) is 11.8 Å². The number of amides is 2. The Morgan fingerprint density at radius 2 is 1.76 bits per heavy atom. The molecule has 2 aliphatic heterocycles. The lowest BCUT2D eigenvalue weighted by atomic mass is 10.0. The third-order valence-corrected chi connectivity index (χ3v) is 7.12. The Morgan fingerprint density at radius 1 is 1.00 bits per heavy atom. The van der Waals surface area contributed by atoms with Crippen molar-refractivity contribution in [3.8, 4) is 0 Å². The van der Waals surface area contributed by atoms with Crippen LogP contribution in [-0.4, -0.2) is 51.9 Å². The Labute approximate surface area is 174 Å². The summed E-state index contributed by atoms with van der Waals surface area (Å²) >= 11 is 1.78. The molecular formula is C23H23FN2O2S. The number of benzene rings is 2. The van der Waals surface area contributed by atoms with Crippen molar-refractivity contribution in [2.75, 3.05) is 25.4 Å². The fourth-order valence-corrected chi connectivity index (χ4v) is 5.46. The predicted octanol–water partition coefficient (Wildman–Crippen LogP) is 4.05. The van der Waals surface area contributed by atoms with E-state index in [1.165, 1.54) is 12.1 Å². The average molecular weight is 411 g/mol. The van der Waals surface area contributed by atoms with Gasteiger partial charge in [0, 0.05) is 37.0 Å². The predicted molar refractivity (Wildman–Crippen MR) is 114 cm³/mol. The van der Waals surface area contributed by atoms with Crippen LogP contribution in [0.3, 0.4) is 0 Å². The summed E-state index contributed by atoms with van der Waals surface area (Å²) in [6, 6.07) is 15.6. The summed E-state index contributed by atoms with van der Waals surface area (Å²) in [5.41, 5.74) is 1.38. The number of piperidine rings is 1. The van der Waals surface area contributed by atoms with Crippen LogP contribution >= 0.6 is 11.8 Å². The zero-order valence-electron chi connectivity index (χ0n) is 16.1. The lowest BCUT2D eigenvalue weighted by Gasteiger charge is -2.44. The minimum atomic E-state index is -0.401. The number of nitrogens with zero attached hydrogens (tertiary/aromatic N) is 2. The maximum Gasteiger partial charge on any atom is 0.255 e. The number of hydrogen-bond donors (Lipinski definition) is 0. The fraction of sp³-hybridized carbons (Fsp3) is 0.304. The van der Waals surface area contributed by atoms with E-state index in [4.69, 9.17) is 0 Å². The van der Waals surface area contributed by atoms with Gasteiger partial charge < -0.3 is 9.80 Å². The Morgan fingerprint density at radius 3 is 2.48 bits per heavy atom. The Kier molecular flexibility index (Phi) is 5.72. The summed E-state index contributed by atoms with van der Waals surface area (Å²) in [4.78, 5) is 29.0. The Bertz CT molecular complexity index is 923. The molecule has 4 nitrogen and oxygen atoms in total. The van der Waals surface area contributed by atoms with E-state index in [2.05, 4.69) is 0 Å². The van der Waals surface area contributed by atoms with Crippen molar-refractivity contribution in [3.63, 3.8) is 0 Å². The first-order chi connectivity index (χ1) is 14.1. The number of thioether (sulfide) groups is 1. The summed E-state index contributed by atoms with van der Waals surface area (Å²) in [5.74, 6) is 0.332. The summed E-state index contributed by atoms with van der Waals surface area (Å²) in [7, 11) is 0. The molecule has 2 aromatic carbocycles. The van der Waals surface area contributed by atoms with Crippen molar-refractivity contribution in [1.82, 2.24) is 9.80 Å². The summed E-state index contributed by atoms with van der Waals surface area (Å²) in [6.07, 6.45) is 4.90. The first-order valence-electron chi connectivity index (χ1n) is 9.81. The Balaban J connectivity index is 1.41. The molecule has 2 amide bonds. The Hall–Kier alpha value is -2.60. The van der Waals surface area contributed by atoms with Crippen molar-refractivity contribution >= 4 is 29.7 Å². The highest BCUT2D eigenvalue weighted by molar-refractivity contribution is 8.00. The van der Waals surface area contributed by atoms with Crippen LogP contribution in [0.25, 0.3) is 6.08 Å². The third-order valence-electron chi connectivity index (χ3n) is 5.57. The molecule has 29 heavy (non-hydrogen) atoms. The van der Waals surface area contributed by atoms with Gasteiger partial charge in [-0.2, -0.15) is 0 Å². The lowest BCUT2D eigenvalue weighted by molar-refractivity contribution is -0.127. The van der Waals surface area contributed by atoms with Gasteiger partial charge in [0.15, 0.2) is 0 Å². The van der Waals surface area contributed by atoms with Crippen LogP contribution < -0.4 is 0 Å². The molecule has 0 N–H and O–H groups in total. The van der Waals surface area contributed by atoms with E-state index in [-0.39, 0.29) is 16.7 Å². The molecule has 2 heterocycles. The maximum atomic E-state index is 13.6. The van der Waals surface area contributed by atoms with E-state index in [9.17, 15) is 14.0 Å². The standard InChI is InChI=1S/C23H23FN2O2S/c24-20-8-4-7-19(17-20)22(28)26-15-16-29-23(26)11-13-25(14-12-23)21(27)10-9-18-5-2-1-3-6-18/h1-10,17H,11-16H2. The molecular weight excluding hydrogens is 387 g/mol. The molecule has 0 aromatic heterocycles. The summed E-state index contributed by atoms with van der Waals surface area (Å²) < 4.78 is 13.6. The van der Waals surface area contributed by atoms with Crippen LogP contribution in [-0.2, 0) is 4.79 Å². The zero-order valence-corrected chi connectivity index (χ0v) is 16.9. The molecule has 2 aromatic rings. The molecule has 2 fully saturated rings. The van der Waals surface area contributed by atoms with Crippen molar-refractivity contribution < 1.29 is 14.0 Å². The highest BCUT2D eigenvalue weighted by Gasteiger charge is 2.46. The first kappa shape index (κ1) is 19.7. The molecule has 1 spiro atoms. The van der Waals surface area contributed by atoms with E-state index in [0.717, 1.165) is 24.2 Å². The first-order valence-corrected chi connectivity index (χ1v) is 10.8. The van der Waals surface area contributed by atoms with E-state index < -0.39 is 5.82 Å².